The molecule has 0 saturated heterocycles. The van der Waals surface area contributed by atoms with Gasteiger partial charge in [0.05, 0.1) is 21.5 Å². The second-order valence-electron chi connectivity index (χ2n) is 5.71. The van der Waals surface area contributed by atoms with Crippen molar-refractivity contribution in [2.75, 3.05) is 16.4 Å². The lowest BCUT2D eigenvalue weighted by atomic mass is 10.2. The Morgan fingerprint density at radius 2 is 1.93 bits per heavy atom. The summed E-state index contributed by atoms with van der Waals surface area (Å²) in [5, 5.41) is 8.81. The summed E-state index contributed by atoms with van der Waals surface area (Å²) in [5.41, 5.74) is 2.24. The zero-order chi connectivity index (χ0) is 20.1. The van der Waals surface area contributed by atoms with Gasteiger partial charge < -0.3 is 10.6 Å². The van der Waals surface area contributed by atoms with Crippen molar-refractivity contribution in [3.63, 3.8) is 0 Å². The fraction of sp³-hybridized carbons (Fsp3) is 0.105. The number of benzene rings is 2. The number of nitrogens with zero attached hydrogens (tertiary/aromatic N) is 1. The van der Waals surface area contributed by atoms with Crippen molar-refractivity contribution in [2.45, 2.75) is 11.8 Å². The molecule has 2 amide bonds. The average molecular weight is 452 g/mol. The fourth-order valence-corrected chi connectivity index (χ4v) is 4.08. The Balaban J connectivity index is 1.57. The van der Waals surface area contributed by atoms with E-state index in [0.29, 0.717) is 20.9 Å². The van der Waals surface area contributed by atoms with Crippen LogP contribution in [0.3, 0.4) is 0 Å². The number of hydrogen-bond donors (Lipinski definition) is 2. The summed E-state index contributed by atoms with van der Waals surface area (Å²) in [5.74, 6) is -0.0722. The zero-order valence-electron chi connectivity index (χ0n) is 14.7. The number of carbonyl (C=O) groups excluding carboxylic acids is 2. The van der Waals surface area contributed by atoms with Gasteiger partial charge in [0.1, 0.15) is 0 Å². The zero-order valence-corrected chi connectivity index (χ0v) is 17.8. The van der Waals surface area contributed by atoms with Crippen molar-refractivity contribution in [3.05, 3.63) is 57.9 Å². The molecule has 0 unspecified atom stereocenters. The minimum atomic E-state index is -0.162. The van der Waals surface area contributed by atoms with Crippen molar-refractivity contribution >= 4 is 68.9 Å². The molecule has 0 bridgehead atoms. The molecule has 0 aliphatic carbocycles. The number of amides is 2. The number of hydrogen-bond acceptors (Lipinski definition) is 5. The summed E-state index contributed by atoms with van der Waals surface area (Å²) in [6.45, 7) is 1.45. The topological polar surface area (TPSA) is 71.1 Å². The first-order chi connectivity index (χ1) is 13.4. The number of carbonyl (C=O) groups is 2. The monoisotopic (exact) mass is 451 g/mol. The van der Waals surface area contributed by atoms with E-state index in [0.717, 1.165) is 16.2 Å². The maximum Gasteiger partial charge on any atom is 0.236 e. The van der Waals surface area contributed by atoms with E-state index in [9.17, 15) is 9.59 Å². The van der Waals surface area contributed by atoms with E-state index >= 15 is 0 Å². The van der Waals surface area contributed by atoms with Crippen LogP contribution in [0.15, 0.2) is 52.7 Å². The van der Waals surface area contributed by atoms with Crippen molar-refractivity contribution < 1.29 is 9.59 Å². The number of thioether (sulfide) groups is 1. The van der Waals surface area contributed by atoms with E-state index < -0.39 is 0 Å². The molecule has 144 valence electrons. The number of nitrogens with one attached hydrogen (secondary N) is 2. The first-order valence-electron chi connectivity index (χ1n) is 8.12. The predicted octanol–water partition coefficient (Wildman–Crippen LogP) is 5.81. The number of rotatable bonds is 6. The maximum absolute atomic E-state index is 12.2. The van der Waals surface area contributed by atoms with Crippen molar-refractivity contribution in [1.29, 1.82) is 0 Å². The number of thiazole rings is 1. The van der Waals surface area contributed by atoms with Crippen LogP contribution in [0.25, 0.3) is 11.3 Å². The molecule has 2 N–H and O–H groups in total. The first-order valence-corrected chi connectivity index (χ1v) is 10.7. The van der Waals surface area contributed by atoms with E-state index in [-0.39, 0.29) is 17.6 Å². The molecule has 1 heterocycles. The van der Waals surface area contributed by atoms with Crippen LogP contribution in [0.5, 0.6) is 0 Å². The van der Waals surface area contributed by atoms with E-state index in [1.54, 1.807) is 18.2 Å². The lowest BCUT2D eigenvalue weighted by Gasteiger charge is -2.05. The largest absolute Gasteiger partial charge is 0.326 e. The van der Waals surface area contributed by atoms with Gasteiger partial charge in [-0.2, -0.15) is 0 Å². The second kappa shape index (κ2) is 9.43. The van der Waals surface area contributed by atoms with Crippen LogP contribution < -0.4 is 10.6 Å². The number of halogens is 2. The quantitative estimate of drug-likeness (QED) is 0.464. The SMILES string of the molecule is CC(=O)Nc1cccc(SCC(=O)Nc2nc(-c3ccc(Cl)c(Cl)c3)cs2)c1. The molecule has 2 aromatic carbocycles. The number of anilines is 2. The molecule has 0 aliphatic heterocycles. The highest BCUT2D eigenvalue weighted by Gasteiger charge is 2.10. The van der Waals surface area contributed by atoms with Gasteiger partial charge in [-0.15, -0.1) is 23.1 Å². The van der Waals surface area contributed by atoms with Crippen LogP contribution in [0.2, 0.25) is 10.0 Å². The summed E-state index contributed by atoms with van der Waals surface area (Å²) in [6, 6.07) is 12.6. The first kappa shape index (κ1) is 20.7. The van der Waals surface area contributed by atoms with Gasteiger partial charge in [0, 0.05) is 28.5 Å². The Bertz CT molecular complexity index is 1020. The van der Waals surface area contributed by atoms with E-state index in [2.05, 4.69) is 15.6 Å². The normalized spacial score (nSPS) is 10.5. The third-order valence-electron chi connectivity index (χ3n) is 3.49. The summed E-state index contributed by atoms with van der Waals surface area (Å²) in [7, 11) is 0. The molecule has 0 aliphatic rings. The molecular formula is C19H15Cl2N3O2S2. The molecule has 0 fully saturated rings. The minimum Gasteiger partial charge on any atom is -0.326 e. The predicted molar refractivity (Wildman–Crippen MR) is 118 cm³/mol. The van der Waals surface area contributed by atoms with E-state index in [1.165, 1.54) is 30.0 Å². The third-order valence-corrected chi connectivity index (χ3v) is 5.98. The summed E-state index contributed by atoms with van der Waals surface area (Å²) in [6.07, 6.45) is 0. The molecule has 28 heavy (non-hydrogen) atoms. The lowest BCUT2D eigenvalue weighted by Crippen LogP contribution is -2.13. The molecule has 9 heteroatoms. The third kappa shape index (κ3) is 5.72. The second-order valence-corrected chi connectivity index (χ2v) is 8.43. The van der Waals surface area contributed by atoms with Crippen molar-refractivity contribution in [1.82, 2.24) is 4.98 Å². The van der Waals surface area contributed by atoms with Crippen LogP contribution in [-0.4, -0.2) is 22.6 Å². The van der Waals surface area contributed by atoms with Gasteiger partial charge in [-0.05, 0) is 30.3 Å². The smallest absolute Gasteiger partial charge is 0.236 e. The molecule has 1 aromatic heterocycles. The maximum atomic E-state index is 12.2. The Kier molecular flexibility index (Phi) is 6.96. The number of aromatic nitrogens is 1. The molecule has 0 spiro atoms. The van der Waals surface area contributed by atoms with Crippen LogP contribution >= 0.6 is 46.3 Å². The molecule has 5 nitrogen and oxygen atoms in total. The van der Waals surface area contributed by atoms with Gasteiger partial charge in [-0.3, -0.25) is 9.59 Å². The van der Waals surface area contributed by atoms with Crippen LogP contribution in [0.1, 0.15) is 6.92 Å². The molecule has 0 saturated carbocycles. The van der Waals surface area contributed by atoms with Crippen LogP contribution in [0.4, 0.5) is 10.8 Å². The fourth-order valence-electron chi connectivity index (χ4n) is 2.29. The van der Waals surface area contributed by atoms with Gasteiger partial charge in [0.2, 0.25) is 11.8 Å². The summed E-state index contributed by atoms with van der Waals surface area (Å²) in [4.78, 5) is 28.7. The Hall–Kier alpha value is -2.06. The highest BCUT2D eigenvalue weighted by molar-refractivity contribution is 8.00. The Labute approximate surface area is 180 Å². The minimum absolute atomic E-state index is 0.138. The van der Waals surface area contributed by atoms with Crippen molar-refractivity contribution in [2.24, 2.45) is 0 Å². The molecule has 3 aromatic rings. The molecular weight excluding hydrogens is 437 g/mol. The Morgan fingerprint density at radius 3 is 2.68 bits per heavy atom. The van der Waals surface area contributed by atoms with E-state index in [4.69, 9.17) is 23.2 Å². The lowest BCUT2D eigenvalue weighted by molar-refractivity contribution is -0.114. The summed E-state index contributed by atoms with van der Waals surface area (Å²) >= 11 is 14.7. The average Bonchev–Trinajstić information content (AvgIpc) is 3.10. The molecule has 3 rings (SSSR count). The van der Waals surface area contributed by atoms with Gasteiger partial charge >= 0.3 is 0 Å². The highest BCUT2D eigenvalue weighted by atomic mass is 35.5. The standard InChI is InChI=1S/C19H15Cl2N3O2S2/c1-11(25)22-13-3-2-4-14(8-13)27-10-18(26)24-19-23-17(9-28-19)12-5-6-15(20)16(21)7-12/h2-9H,10H2,1H3,(H,22,25)(H,23,24,26). The summed E-state index contributed by atoms with van der Waals surface area (Å²) < 4.78 is 0. The van der Waals surface area contributed by atoms with E-state index in [1.807, 2.05) is 29.6 Å². The van der Waals surface area contributed by atoms with Crippen molar-refractivity contribution in [3.8, 4) is 11.3 Å². The molecule has 0 radical (unpaired) electrons. The van der Waals surface area contributed by atoms with Gasteiger partial charge in [0.25, 0.3) is 0 Å². The highest BCUT2D eigenvalue weighted by Crippen LogP contribution is 2.30. The Morgan fingerprint density at radius 1 is 1.11 bits per heavy atom. The van der Waals surface area contributed by atoms with Crippen LogP contribution in [0, 0.1) is 0 Å². The van der Waals surface area contributed by atoms with Crippen LogP contribution in [-0.2, 0) is 9.59 Å². The van der Waals surface area contributed by atoms with Gasteiger partial charge in [0.15, 0.2) is 5.13 Å². The van der Waals surface area contributed by atoms with Gasteiger partial charge in [-0.25, -0.2) is 4.98 Å². The van der Waals surface area contributed by atoms with Gasteiger partial charge in [-0.1, -0.05) is 35.3 Å². The molecule has 0 atom stereocenters.